The number of hydrogen-bond donors (Lipinski definition) is 0. The molecule has 1 atom stereocenters. The Morgan fingerprint density at radius 1 is 1.08 bits per heavy atom. The Hall–Kier alpha value is -2.02. The van der Waals surface area contributed by atoms with E-state index in [1.807, 2.05) is 48.5 Å². The average molecular weight is 385 g/mol. The van der Waals surface area contributed by atoms with Gasteiger partial charge in [-0.1, -0.05) is 42.5 Å². The second-order valence-electron chi connectivity index (χ2n) is 6.48. The normalized spacial score (nSPS) is 19.3. The Labute approximate surface area is 157 Å². The largest absolute Gasteiger partial charge is 0.241 e. The molecule has 6 heteroatoms. The number of para-hydroxylation sites is 1. The molecule has 1 fully saturated rings. The Balaban J connectivity index is 1.53. The van der Waals surface area contributed by atoms with Crippen molar-refractivity contribution in [2.75, 3.05) is 13.1 Å². The molecule has 1 aromatic heterocycles. The molecule has 1 saturated heterocycles. The molecular weight excluding hydrogens is 364 g/mol. The lowest BCUT2D eigenvalue weighted by molar-refractivity contribution is 0.318. The fourth-order valence-corrected chi connectivity index (χ4v) is 5.62. The molecule has 0 aliphatic carbocycles. The number of thiazole rings is 1. The second-order valence-corrected chi connectivity index (χ2v) is 9.36. The predicted octanol–water partition coefficient (Wildman–Crippen LogP) is 4.48. The quantitative estimate of drug-likeness (QED) is 0.666. The zero-order valence-electron chi connectivity index (χ0n) is 14.3. The summed E-state index contributed by atoms with van der Waals surface area (Å²) in [4.78, 5) is 4.73. The molecule has 2 aromatic carbocycles. The van der Waals surface area contributed by atoms with Gasteiger partial charge in [-0.15, -0.1) is 11.3 Å². The maximum absolute atomic E-state index is 12.7. The van der Waals surface area contributed by atoms with E-state index in [1.54, 1.807) is 21.7 Å². The van der Waals surface area contributed by atoms with Gasteiger partial charge >= 0.3 is 0 Å². The second kappa shape index (κ2) is 7.31. The minimum Gasteiger partial charge on any atom is -0.241 e. The summed E-state index contributed by atoms with van der Waals surface area (Å²) in [6.45, 7) is 1.07. The monoisotopic (exact) mass is 384 g/mol. The van der Waals surface area contributed by atoms with Crippen molar-refractivity contribution in [1.82, 2.24) is 9.29 Å². The SMILES string of the molecule is O=S(=O)(/C=C/c1ccccc1)N1CCC[C@@H](c2nc3ccccc3s2)C1. The van der Waals surface area contributed by atoms with Gasteiger partial charge in [0.05, 0.1) is 15.2 Å². The first-order valence-electron chi connectivity index (χ1n) is 8.70. The van der Waals surface area contributed by atoms with Crippen LogP contribution in [0.4, 0.5) is 0 Å². The molecule has 0 saturated carbocycles. The van der Waals surface area contributed by atoms with E-state index in [4.69, 9.17) is 4.98 Å². The van der Waals surface area contributed by atoms with Gasteiger partial charge in [0.1, 0.15) is 0 Å². The van der Waals surface area contributed by atoms with Gasteiger partial charge in [0.25, 0.3) is 0 Å². The van der Waals surface area contributed by atoms with Crippen LogP contribution in [0, 0.1) is 0 Å². The van der Waals surface area contributed by atoms with Crippen molar-refractivity contribution in [3.8, 4) is 0 Å². The number of hydrogen-bond acceptors (Lipinski definition) is 4. The smallest absolute Gasteiger partial charge is 0.236 e. The third-order valence-electron chi connectivity index (χ3n) is 4.64. The number of rotatable bonds is 4. The van der Waals surface area contributed by atoms with Gasteiger partial charge in [-0.25, -0.2) is 13.4 Å². The summed E-state index contributed by atoms with van der Waals surface area (Å²) in [6.07, 6.45) is 3.50. The van der Waals surface area contributed by atoms with Gasteiger partial charge in [-0.2, -0.15) is 4.31 Å². The zero-order chi connectivity index (χ0) is 18.0. The molecule has 4 nitrogen and oxygen atoms in total. The van der Waals surface area contributed by atoms with Gasteiger partial charge in [0.15, 0.2) is 0 Å². The molecule has 1 aliphatic rings. The van der Waals surface area contributed by atoms with Crippen LogP contribution in [0.5, 0.6) is 0 Å². The van der Waals surface area contributed by atoms with E-state index < -0.39 is 10.0 Å². The Kier molecular flexibility index (Phi) is 4.89. The summed E-state index contributed by atoms with van der Waals surface area (Å²) >= 11 is 1.68. The number of fused-ring (bicyclic) bond motifs is 1. The maximum atomic E-state index is 12.7. The standard InChI is InChI=1S/C20H20N2O2S2/c23-26(24,14-12-16-7-2-1-3-8-16)22-13-6-9-17(15-22)20-21-18-10-4-5-11-19(18)25-20/h1-5,7-8,10-12,14,17H,6,9,13,15H2/b14-12+/t17-/m1/s1. The lowest BCUT2D eigenvalue weighted by atomic mass is 10.0. The van der Waals surface area contributed by atoms with E-state index in [9.17, 15) is 8.42 Å². The average Bonchev–Trinajstić information content (AvgIpc) is 3.12. The molecule has 0 radical (unpaired) electrons. The van der Waals surface area contributed by atoms with Gasteiger partial charge in [-0.3, -0.25) is 0 Å². The minimum atomic E-state index is -3.42. The first kappa shape index (κ1) is 17.4. The topological polar surface area (TPSA) is 50.3 Å². The molecule has 0 amide bonds. The van der Waals surface area contributed by atoms with Crippen LogP contribution in [-0.4, -0.2) is 30.8 Å². The molecule has 2 heterocycles. The minimum absolute atomic E-state index is 0.168. The molecule has 4 rings (SSSR count). The van der Waals surface area contributed by atoms with Gasteiger partial charge in [0.2, 0.25) is 10.0 Å². The van der Waals surface area contributed by atoms with E-state index in [1.165, 1.54) is 5.41 Å². The van der Waals surface area contributed by atoms with Gasteiger partial charge < -0.3 is 0 Å². The zero-order valence-corrected chi connectivity index (χ0v) is 15.9. The van der Waals surface area contributed by atoms with Gasteiger partial charge in [0, 0.05) is 24.4 Å². The van der Waals surface area contributed by atoms with Gasteiger partial charge in [-0.05, 0) is 36.6 Å². The summed E-state index contributed by atoms with van der Waals surface area (Å²) in [5.74, 6) is 0.168. The highest BCUT2D eigenvalue weighted by Gasteiger charge is 2.29. The number of aromatic nitrogens is 1. The van der Waals surface area contributed by atoms with E-state index in [0.717, 1.165) is 33.6 Å². The van der Waals surface area contributed by atoms with Crippen LogP contribution in [0.3, 0.4) is 0 Å². The summed E-state index contributed by atoms with van der Waals surface area (Å²) < 4.78 is 28.2. The van der Waals surface area contributed by atoms with Crippen LogP contribution >= 0.6 is 11.3 Å². The number of sulfonamides is 1. The third-order valence-corrected chi connectivity index (χ3v) is 7.37. The third kappa shape index (κ3) is 3.72. The molecule has 0 spiro atoms. The summed E-state index contributed by atoms with van der Waals surface area (Å²) in [7, 11) is -3.42. The van der Waals surface area contributed by atoms with Crippen LogP contribution in [0.2, 0.25) is 0 Å². The van der Waals surface area contributed by atoms with Crippen molar-refractivity contribution in [2.45, 2.75) is 18.8 Å². The number of benzene rings is 2. The van der Waals surface area contributed by atoms with E-state index in [2.05, 4.69) is 6.07 Å². The Morgan fingerprint density at radius 3 is 2.65 bits per heavy atom. The van der Waals surface area contributed by atoms with Crippen LogP contribution in [0.15, 0.2) is 60.0 Å². The molecule has 0 bridgehead atoms. The number of nitrogens with zero attached hydrogens (tertiary/aromatic N) is 2. The fourth-order valence-electron chi connectivity index (χ4n) is 3.25. The number of piperidine rings is 1. The van der Waals surface area contributed by atoms with Crippen LogP contribution in [-0.2, 0) is 10.0 Å². The van der Waals surface area contributed by atoms with Crippen molar-refractivity contribution in [2.24, 2.45) is 0 Å². The summed E-state index contributed by atoms with van der Waals surface area (Å²) in [6, 6.07) is 17.6. The van der Waals surface area contributed by atoms with Crippen molar-refractivity contribution >= 4 is 37.7 Å². The van der Waals surface area contributed by atoms with Crippen molar-refractivity contribution < 1.29 is 8.42 Å². The first-order chi connectivity index (χ1) is 12.6. The van der Waals surface area contributed by atoms with Crippen LogP contribution in [0.25, 0.3) is 16.3 Å². The Bertz CT molecular complexity index is 993. The van der Waals surface area contributed by atoms with E-state index in [0.29, 0.717) is 13.1 Å². The van der Waals surface area contributed by atoms with E-state index in [-0.39, 0.29) is 5.92 Å². The van der Waals surface area contributed by atoms with E-state index >= 15 is 0 Å². The van der Waals surface area contributed by atoms with Crippen LogP contribution in [0.1, 0.15) is 29.3 Å². The lowest BCUT2D eigenvalue weighted by Crippen LogP contribution is -2.37. The highest BCUT2D eigenvalue weighted by molar-refractivity contribution is 7.92. The molecule has 0 N–H and O–H groups in total. The maximum Gasteiger partial charge on any atom is 0.236 e. The Morgan fingerprint density at radius 2 is 1.85 bits per heavy atom. The molecule has 134 valence electrons. The summed E-state index contributed by atoms with van der Waals surface area (Å²) in [5, 5.41) is 2.36. The molecule has 1 aliphatic heterocycles. The van der Waals surface area contributed by atoms with Crippen molar-refractivity contribution in [3.63, 3.8) is 0 Å². The molecular formula is C20H20N2O2S2. The molecule has 26 heavy (non-hydrogen) atoms. The van der Waals surface area contributed by atoms with Crippen molar-refractivity contribution in [3.05, 3.63) is 70.6 Å². The fraction of sp³-hybridized carbons (Fsp3) is 0.250. The predicted molar refractivity (Wildman–Crippen MR) is 108 cm³/mol. The summed E-state index contributed by atoms with van der Waals surface area (Å²) in [5.41, 5.74) is 1.88. The highest BCUT2D eigenvalue weighted by Crippen LogP contribution is 2.33. The van der Waals surface area contributed by atoms with Crippen molar-refractivity contribution in [1.29, 1.82) is 0 Å². The first-order valence-corrected chi connectivity index (χ1v) is 11.0. The van der Waals surface area contributed by atoms with Crippen LogP contribution < -0.4 is 0 Å². The lowest BCUT2D eigenvalue weighted by Gasteiger charge is -2.29. The highest BCUT2D eigenvalue weighted by atomic mass is 32.2. The molecule has 0 unspecified atom stereocenters. The molecule has 3 aromatic rings.